The fourth-order valence-corrected chi connectivity index (χ4v) is 0.653. The summed E-state index contributed by atoms with van der Waals surface area (Å²) in [6.07, 6.45) is 0. The molecule has 0 aromatic heterocycles. The van der Waals surface area contributed by atoms with E-state index in [-0.39, 0.29) is 11.9 Å². The Morgan fingerprint density at radius 1 is 1.58 bits per heavy atom. The van der Waals surface area contributed by atoms with Crippen LogP contribution >= 0.6 is 12.2 Å². The highest BCUT2D eigenvalue weighted by Gasteiger charge is 2.05. The van der Waals surface area contributed by atoms with Gasteiger partial charge in [0.15, 0.2) is 0 Å². The van der Waals surface area contributed by atoms with Gasteiger partial charge < -0.3 is 16.4 Å². The summed E-state index contributed by atoms with van der Waals surface area (Å²) in [6.45, 7) is 4.83. The fraction of sp³-hybridized carbons (Fsp3) is 0.714. The molecule has 1 unspecified atom stereocenters. The Morgan fingerprint density at radius 3 is 2.58 bits per heavy atom. The van der Waals surface area contributed by atoms with Crippen LogP contribution < -0.4 is 16.4 Å². The average molecular weight is 189 g/mol. The lowest BCUT2D eigenvalue weighted by atomic mass is 10.2. The van der Waals surface area contributed by atoms with Crippen LogP contribution in [0.4, 0.5) is 4.79 Å². The molecule has 0 aromatic rings. The van der Waals surface area contributed by atoms with E-state index >= 15 is 0 Å². The summed E-state index contributed by atoms with van der Waals surface area (Å²) in [6, 6.07) is -0.180. The number of amides is 2. The van der Waals surface area contributed by atoms with E-state index in [2.05, 4.69) is 10.6 Å². The second-order valence-corrected chi connectivity index (χ2v) is 3.02. The van der Waals surface area contributed by atoms with Crippen LogP contribution in [0, 0.1) is 5.92 Å². The van der Waals surface area contributed by atoms with Crippen molar-refractivity contribution in [2.45, 2.75) is 13.8 Å². The molecule has 0 rings (SSSR count). The first-order valence-electron chi connectivity index (χ1n) is 3.89. The Kier molecular flexibility index (Phi) is 5.36. The minimum absolute atomic E-state index is 0.0441. The third-order valence-electron chi connectivity index (χ3n) is 1.39. The summed E-state index contributed by atoms with van der Waals surface area (Å²) in [5.74, 6) is 0.0441. The van der Waals surface area contributed by atoms with Crippen molar-refractivity contribution in [3.63, 3.8) is 0 Å². The first-order valence-corrected chi connectivity index (χ1v) is 4.29. The van der Waals surface area contributed by atoms with E-state index in [0.717, 1.165) is 0 Å². The van der Waals surface area contributed by atoms with E-state index in [1.807, 2.05) is 13.8 Å². The van der Waals surface area contributed by atoms with Gasteiger partial charge in [-0.05, 0) is 6.92 Å². The van der Waals surface area contributed by atoms with Crippen LogP contribution in [0.2, 0.25) is 0 Å². The van der Waals surface area contributed by atoms with Gasteiger partial charge in [0.2, 0.25) is 0 Å². The summed E-state index contributed by atoms with van der Waals surface area (Å²) in [4.78, 5) is 11.3. The molecule has 2 amide bonds. The number of thiocarbonyl (C=S) groups is 1. The molecule has 5 heteroatoms. The summed E-state index contributed by atoms with van der Waals surface area (Å²) < 4.78 is 0. The van der Waals surface area contributed by atoms with Gasteiger partial charge in [0.05, 0.1) is 4.99 Å². The zero-order chi connectivity index (χ0) is 9.56. The van der Waals surface area contributed by atoms with Crippen molar-refractivity contribution < 1.29 is 4.79 Å². The monoisotopic (exact) mass is 189 g/mol. The van der Waals surface area contributed by atoms with E-state index in [0.29, 0.717) is 18.1 Å². The number of rotatable bonds is 4. The lowest BCUT2D eigenvalue weighted by Gasteiger charge is -2.10. The molecule has 0 fully saturated rings. The molecule has 0 bridgehead atoms. The lowest BCUT2D eigenvalue weighted by molar-refractivity contribution is 0.241. The highest BCUT2D eigenvalue weighted by molar-refractivity contribution is 7.80. The molecule has 4 N–H and O–H groups in total. The molecule has 0 radical (unpaired) electrons. The maximum absolute atomic E-state index is 10.9. The number of hydrogen-bond acceptors (Lipinski definition) is 2. The van der Waals surface area contributed by atoms with E-state index in [1.165, 1.54) is 0 Å². The topological polar surface area (TPSA) is 67.2 Å². The highest BCUT2D eigenvalue weighted by atomic mass is 32.1. The predicted molar refractivity (Wildman–Crippen MR) is 53.0 cm³/mol. The SMILES string of the molecule is CCNC(=O)NCC(C)C(N)=S. The van der Waals surface area contributed by atoms with Gasteiger partial charge in [-0.1, -0.05) is 19.1 Å². The lowest BCUT2D eigenvalue weighted by Crippen LogP contribution is -2.39. The van der Waals surface area contributed by atoms with Gasteiger partial charge >= 0.3 is 6.03 Å². The van der Waals surface area contributed by atoms with Gasteiger partial charge in [-0.2, -0.15) is 0 Å². The molecule has 0 saturated heterocycles. The second-order valence-electron chi connectivity index (χ2n) is 2.54. The first-order chi connectivity index (χ1) is 5.57. The molecular formula is C7H15N3OS. The Hall–Kier alpha value is -0.840. The van der Waals surface area contributed by atoms with Gasteiger partial charge in [0, 0.05) is 19.0 Å². The largest absolute Gasteiger partial charge is 0.393 e. The third-order valence-corrected chi connectivity index (χ3v) is 1.79. The van der Waals surface area contributed by atoms with E-state index in [9.17, 15) is 4.79 Å². The summed E-state index contributed by atoms with van der Waals surface area (Å²) in [5, 5.41) is 5.25. The van der Waals surface area contributed by atoms with Crippen LogP contribution in [0.5, 0.6) is 0 Å². The van der Waals surface area contributed by atoms with Gasteiger partial charge in [-0.15, -0.1) is 0 Å². The van der Waals surface area contributed by atoms with Gasteiger partial charge in [-0.3, -0.25) is 0 Å². The molecule has 0 aliphatic carbocycles. The molecule has 1 atom stereocenters. The van der Waals surface area contributed by atoms with Crippen molar-refractivity contribution >= 4 is 23.2 Å². The molecular weight excluding hydrogens is 174 g/mol. The van der Waals surface area contributed by atoms with Crippen LogP contribution in [0.1, 0.15) is 13.8 Å². The molecule has 0 saturated carbocycles. The fourth-order valence-electron chi connectivity index (χ4n) is 0.569. The van der Waals surface area contributed by atoms with Crippen molar-refractivity contribution in [1.29, 1.82) is 0 Å². The Bertz CT molecular complexity index is 172. The van der Waals surface area contributed by atoms with Crippen LogP contribution in [-0.2, 0) is 0 Å². The molecule has 0 spiro atoms. The Morgan fingerprint density at radius 2 is 2.17 bits per heavy atom. The van der Waals surface area contributed by atoms with E-state index in [4.69, 9.17) is 18.0 Å². The maximum atomic E-state index is 10.9. The molecule has 0 aliphatic heterocycles. The quantitative estimate of drug-likeness (QED) is 0.554. The molecule has 0 aromatic carbocycles. The Labute approximate surface area is 77.9 Å². The minimum atomic E-state index is -0.180. The van der Waals surface area contributed by atoms with Gasteiger partial charge in [0.1, 0.15) is 0 Å². The number of nitrogens with one attached hydrogen (secondary N) is 2. The normalized spacial score (nSPS) is 11.8. The number of carbonyl (C=O) groups is 1. The Balaban J connectivity index is 3.54. The smallest absolute Gasteiger partial charge is 0.314 e. The predicted octanol–water partition coefficient (Wildman–Crippen LogP) is 0.228. The van der Waals surface area contributed by atoms with Crippen LogP contribution in [0.15, 0.2) is 0 Å². The van der Waals surface area contributed by atoms with Crippen molar-refractivity contribution in [3.8, 4) is 0 Å². The molecule has 4 nitrogen and oxygen atoms in total. The van der Waals surface area contributed by atoms with Crippen molar-refractivity contribution in [2.75, 3.05) is 13.1 Å². The second kappa shape index (κ2) is 5.77. The molecule has 0 aliphatic rings. The summed E-state index contributed by atoms with van der Waals surface area (Å²) >= 11 is 4.74. The highest BCUT2D eigenvalue weighted by Crippen LogP contribution is 1.91. The van der Waals surface area contributed by atoms with Gasteiger partial charge in [-0.25, -0.2) is 4.79 Å². The van der Waals surface area contributed by atoms with Crippen LogP contribution in [-0.4, -0.2) is 24.1 Å². The van der Waals surface area contributed by atoms with Crippen LogP contribution in [0.3, 0.4) is 0 Å². The number of urea groups is 1. The average Bonchev–Trinajstić information content (AvgIpc) is 2.00. The zero-order valence-corrected chi connectivity index (χ0v) is 8.20. The third kappa shape index (κ3) is 4.90. The first kappa shape index (κ1) is 11.2. The van der Waals surface area contributed by atoms with Crippen molar-refractivity contribution in [3.05, 3.63) is 0 Å². The zero-order valence-electron chi connectivity index (χ0n) is 7.39. The minimum Gasteiger partial charge on any atom is -0.393 e. The van der Waals surface area contributed by atoms with Gasteiger partial charge in [0.25, 0.3) is 0 Å². The van der Waals surface area contributed by atoms with Crippen molar-refractivity contribution in [1.82, 2.24) is 10.6 Å². The number of hydrogen-bond donors (Lipinski definition) is 3. The van der Waals surface area contributed by atoms with E-state index < -0.39 is 0 Å². The maximum Gasteiger partial charge on any atom is 0.314 e. The number of nitrogens with two attached hydrogens (primary N) is 1. The van der Waals surface area contributed by atoms with E-state index in [1.54, 1.807) is 0 Å². The van der Waals surface area contributed by atoms with Crippen molar-refractivity contribution in [2.24, 2.45) is 11.7 Å². The summed E-state index contributed by atoms with van der Waals surface area (Å²) in [5.41, 5.74) is 5.36. The molecule has 12 heavy (non-hydrogen) atoms. The van der Waals surface area contributed by atoms with Crippen LogP contribution in [0.25, 0.3) is 0 Å². The summed E-state index contributed by atoms with van der Waals surface area (Å²) in [7, 11) is 0. The number of carbonyl (C=O) groups excluding carboxylic acids is 1. The molecule has 0 heterocycles. The molecule has 70 valence electrons. The standard InChI is InChI=1S/C7H15N3OS/c1-3-9-7(11)10-4-5(2)6(8)12/h5H,3-4H2,1-2H3,(H2,8,12)(H2,9,10,11).